The van der Waals surface area contributed by atoms with Crippen LogP contribution in [-0.2, 0) is 7.05 Å². The second-order valence-corrected chi connectivity index (χ2v) is 5.41. The summed E-state index contributed by atoms with van der Waals surface area (Å²) in [4.78, 5) is 8.28. The molecule has 0 fully saturated rings. The molecule has 0 radical (unpaired) electrons. The monoisotopic (exact) mass is 267 g/mol. The first-order valence-electron chi connectivity index (χ1n) is 5.61. The van der Waals surface area contributed by atoms with Gasteiger partial charge in [0.25, 0.3) is 0 Å². The number of anilines is 1. The van der Waals surface area contributed by atoms with E-state index < -0.39 is 5.60 Å². The molecule has 0 aromatic carbocycles. The van der Waals surface area contributed by atoms with E-state index in [2.05, 4.69) is 20.4 Å². The number of aromatic nitrogens is 4. The Morgan fingerprint density at radius 3 is 3.00 bits per heavy atom. The topological polar surface area (TPSA) is 75.9 Å². The minimum absolute atomic E-state index is 0.439. The molecule has 0 saturated heterocycles. The summed E-state index contributed by atoms with van der Waals surface area (Å²) in [6.07, 6.45) is 5.31. The van der Waals surface area contributed by atoms with Gasteiger partial charge in [-0.3, -0.25) is 4.68 Å². The summed E-state index contributed by atoms with van der Waals surface area (Å²) in [7, 11) is 1.84. The first-order chi connectivity index (χ1) is 8.52. The van der Waals surface area contributed by atoms with E-state index in [0.717, 1.165) is 5.39 Å². The van der Waals surface area contributed by atoms with E-state index in [1.807, 2.05) is 19.5 Å². The summed E-state index contributed by atoms with van der Waals surface area (Å²) in [5.74, 6) is 1.37. The lowest BCUT2D eigenvalue weighted by atomic mass is 10.1. The largest absolute Gasteiger partial charge is 0.387 e. The predicted molar refractivity (Wildman–Crippen MR) is 73.8 cm³/mol. The molecule has 2 aromatic rings. The maximum atomic E-state index is 10.1. The van der Waals surface area contributed by atoms with Gasteiger partial charge >= 0.3 is 0 Å². The molecule has 1 atom stereocenters. The Balaban J connectivity index is 2.17. The number of rotatable bonds is 5. The average Bonchev–Trinajstić information content (AvgIpc) is 2.67. The number of aryl methyl sites for hydroxylation is 1. The highest BCUT2D eigenvalue weighted by Gasteiger charge is 2.20. The highest BCUT2D eigenvalue weighted by Crippen LogP contribution is 2.19. The van der Waals surface area contributed by atoms with E-state index in [4.69, 9.17) is 0 Å². The highest BCUT2D eigenvalue weighted by atomic mass is 32.2. The molecular weight excluding hydrogens is 250 g/mol. The van der Waals surface area contributed by atoms with Crippen LogP contribution >= 0.6 is 11.8 Å². The summed E-state index contributed by atoms with van der Waals surface area (Å²) in [6, 6.07) is 0. The molecule has 0 saturated carbocycles. The molecule has 6 nitrogen and oxygen atoms in total. The van der Waals surface area contributed by atoms with Crippen LogP contribution in [0.15, 0.2) is 12.5 Å². The first-order valence-corrected chi connectivity index (χ1v) is 7.01. The van der Waals surface area contributed by atoms with Crippen molar-refractivity contribution in [2.24, 2.45) is 7.05 Å². The van der Waals surface area contributed by atoms with Crippen LogP contribution in [0.2, 0.25) is 0 Å². The van der Waals surface area contributed by atoms with Gasteiger partial charge in [0.2, 0.25) is 0 Å². The van der Waals surface area contributed by atoms with Crippen molar-refractivity contribution >= 4 is 28.6 Å². The molecule has 0 bridgehead atoms. The number of thioether (sulfide) groups is 1. The lowest BCUT2D eigenvalue weighted by molar-refractivity contribution is 0.0996. The molecule has 0 amide bonds. The third kappa shape index (κ3) is 2.91. The van der Waals surface area contributed by atoms with Gasteiger partial charge in [0.15, 0.2) is 5.65 Å². The molecule has 0 aliphatic heterocycles. The number of nitrogens with zero attached hydrogens (tertiary/aromatic N) is 4. The molecule has 2 heterocycles. The third-order valence-corrected chi connectivity index (χ3v) is 3.43. The van der Waals surface area contributed by atoms with Crippen molar-refractivity contribution in [2.75, 3.05) is 23.9 Å². The van der Waals surface area contributed by atoms with Crippen LogP contribution < -0.4 is 5.32 Å². The normalized spacial score (nSPS) is 14.7. The van der Waals surface area contributed by atoms with Crippen molar-refractivity contribution in [2.45, 2.75) is 12.5 Å². The summed E-state index contributed by atoms with van der Waals surface area (Å²) < 4.78 is 1.70. The Kier molecular flexibility index (Phi) is 3.72. The molecule has 2 rings (SSSR count). The van der Waals surface area contributed by atoms with Crippen LogP contribution in [0.4, 0.5) is 5.82 Å². The second kappa shape index (κ2) is 5.11. The Morgan fingerprint density at radius 2 is 2.28 bits per heavy atom. The van der Waals surface area contributed by atoms with Gasteiger partial charge in [-0.1, -0.05) is 0 Å². The van der Waals surface area contributed by atoms with Crippen LogP contribution in [0.25, 0.3) is 11.0 Å². The van der Waals surface area contributed by atoms with Crippen molar-refractivity contribution in [3.63, 3.8) is 0 Å². The van der Waals surface area contributed by atoms with E-state index >= 15 is 0 Å². The van der Waals surface area contributed by atoms with Crippen LogP contribution in [0.3, 0.4) is 0 Å². The molecule has 98 valence electrons. The van der Waals surface area contributed by atoms with Gasteiger partial charge < -0.3 is 10.4 Å². The Bertz CT molecular complexity index is 539. The third-order valence-electron chi connectivity index (χ3n) is 2.52. The number of fused-ring (bicyclic) bond motifs is 1. The molecular formula is C11H17N5OS. The molecule has 7 heteroatoms. The highest BCUT2D eigenvalue weighted by molar-refractivity contribution is 7.98. The zero-order valence-electron chi connectivity index (χ0n) is 10.7. The van der Waals surface area contributed by atoms with Crippen LogP contribution in [0.5, 0.6) is 0 Å². The fourth-order valence-corrected chi connectivity index (χ4v) is 2.45. The summed E-state index contributed by atoms with van der Waals surface area (Å²) in [5, 5.41) is 18.3. The fraction of sp³-hybridized carbons (Fsp3) is 0.545. The van der Waals surface area contributed by atoms with Gasteiger partial charge in [0, 0.05) is 25.5 Å². The maximum absolute atomic E-state index is 10.1. The maximum Gasteiger partial charge on any atom is 0.186 e. The minimum Gasteiger partial charge on any atom is -0.387 e. The quantitative estimate of drug-likeness (QED) is 0.838. The van der Waals surface area contributed by atoms with Crippen molar-refractivity contribution in [1.29, 1.82) is 0 Å². The van der Waals surface area contributed by atoms with Gasteiger partial charge in [-0.05, 0) is 13.2 Å². The number of hydrogen-bond acceptors (Lipinski definition) is 6. The van der Waals surface area contributed by atoms with E-state index in [0.29, 0.717) is 23.8 Å². The van der Waals surface area contributed by atoms with Crippen LogP contribution in [0, 0.1) is 0 Å². The summed E-state index contributed by atoms with van der Waals surface area (Å²) >= 11 is 1.61. The number of aliphatic hydroxyl groups is 1. The van der Waals surface area contributed by atoms with E-state index in [-0.39, 0.29) is 0 Å². The van der Waals surface area contributed by atoms with Crippen LogP contribution in [0.1, 0.15) is 6.92 Å². The van der Waals surface area contributed by atoms with Gasteiger partial charge in [-0.2, -0.15) is 16.9 Å². The lowest BCUT2D eigenvalue weighted by Crippen LogP contribution is -2.36. The molecule has 0 aliphatic rings. The SMILES string of the molecule is CSCC(C)(O)CNc1ncnc2nn(C)cc12. The molecule has 1 unspecified atom stereocenters. The van der Waals surface area contributed by atoms with Gasteiger partial charge in [-0.25, -0.2) is 9.97 Å². The van der Waals surface area contributed by atoms with Crippen molar-refractivity contribution in [3.8, 4) is 0 Å². The van der Waals surface area contributed by atoms with Crippen molar-refractivity contribution in [1.82, 2.24) is 19.7 Å². The second-order valence-electron chi connectivity index (χ2n) is 4.55. The van der Waals surface area contributed by atoms with Crippen molar-refractivity contribution in [3.05, 3.63) is 12.5 Å². The van der Waals surface area contributed by atoms with E-state index in [1.54, 1.807) is 23.4 Å². The first kappa shape index (κ1) is 13.1. The zero-order chi connectivity index (χ0) is 13.2. The molecule has 0 aliphatic carbocycles. The Morgan fingerprint density at radius 1 is 1.50 bits per heavy atom. The lowest BCUT2D eigenvalue weighted by Gasteiger charge is -2.22. The van der Waals surface area contributed by atoms with Crippen molar-refractivity contribution < 1.29 is 5.11 Å². The van der Waals surface area contributed by atoms with E-state index in [9.17, 15) is 5.11 Å². The molecule has 2 aromatic heterocycles. The van der Waals surface area contributed by atoms with E-state index in [1.165, 1.54) is 6.33 Å². The number of hydrogen-bond donors (Lipinski definition) is 2. The van der Waals surface area contributed by atoms with Gasteiger partial charge in [0.05, 0.1) is 11.0 Å². The molecule has 2 N–H and O–H groups in total. The predicted octanol–water partition coefficient (Wildman–Crippen LogP) is 0.889. The zero-order valence-corrected chi connectivity index (χ0v) is 11.5. The minimum atomic E-state index is -0.765. The Hall–Kier alpha value is -1.34. The number of nitrogens with one attached hydrogen (secondary N) is 1. The standard InChI is InChI=1S/C11H17N5OS/c1-11(17,6-18-3)5-12-9-8-4-16(2)15-10(8)14-7-13-9/h4,7,17H,5-6H2,1-3H3,(H,12,13,14,15). The van der Waals surface area contributed by atoms with Gasteiger partial charge in [0.1, 0.15) is 12.1 Å². The van der Waals surface area contributed by atoms with Crippen LogP contribution in [-0.4, -0.2) is 49.0 Å². The fourth-order valence-electron chi connectivity index (χ4n) is 1.73. The summed E-state index contributed by atoms with van der Waals surface area (Å²) in [5.41, 5.74) is -0.113. The average molecular weight is 267 g/mol. The Labute approximate surface area is 110 Å². The molecule has 0 spiro atoms. The van der Waals surface area contributed by atoms with Gasteiger partial charge in [-0.15, -0.1) is 0 Å². The molecule has 18 heavy (non-hydrogen) atoms. The summed E-state index contributed by atoms with van der Waals surface area (Å²) in [6.45, 7) is 2.24. The smallest absolute Gasteiger partial charge is 0.186 e.